The molecule has 1 fully saturated rings. The van der Waals surface area contributed by atoms with Gasteiger partial charge in [-0.05, 0) is 36.4 Å². The van der Waals surface area contributed by atoms with E-state index in [-0.39, 0.29) is 11.8 Å². The fourth-order valence-electron chi connectivity index (χ4n) is 2.64. The largest absolute Gasteiger partial charge is 0.362 e. The van der Waals surface area contributed by atoms with E-state index in [1.165, 1.54) is 0 Å². The van der Waals surface area contributed by atoms with E-state index in [9.17, 15) is 9.59 Å². The number of aromatic nitrogens is 1. The van der Waals surface area contributed by atoms with Crippen LogP contribution in [0.1, 0.15) is 36.0 Å². The van der Waals surface area contributed by atoms with Crippen LogP contribution in [-0.4, -0.2) is 16.9 Å². The van der Waals surface area contributed by atoms with Gasteiger partial charge in [-0.15, -0.1) is 0 Å². The zero-order chi connectivity index (χ0) is 14.7. The Labute approximate surface area is 122 Å². The molecular weight excluding hydrogens is 268 g/mol. The molecule has 1 N–H and O–H groups in total. The van der Waals surface area contributed by atoms with Gasteiger partial charge >= 0.3 is 5.97 Å². The van der Waals surface area contributed by atoms with E-state index in [4.69, 9.17) is 4.84 Å². The molecular formula is C16H16N2O3. The van der Waals surface area contributed by atoms with Gasteiger partial charge in [-0.2, -0.15) is 5.48 Å². The number of carbonyl (C=O) groups excluding carboxylic acids is 2. The van der Waals surface area contributed by atoms with Crippen molar-refractivity contribution in [3.63, 3.8) is 0 Å². The maximum atomic E-state index is 12.0. The number of nitrogens with zero attached hydrogens (tertiary/aromatic N) is 1. The van der Waals surface area contributed by atoms with Crippen LogP contribution in [0.25, 0.3) is 10.8 Å². The average molecular weight is 284 g/mol. The lowest BCUT2D eigenvalue weighted by Crippen LogP contribution is -2.31. The number of hydrogen-bond acceptors (Lipinski definition) is 4. The smallest absolute Gasteiger partial charge is 0.335 e. The Morgan fingerprint density at radius 3 is 2.76 bits per heavy atom. The van der Waals surface area contributed by atoms with Crippen LogP contribution in [0.3, 0.4) is 0 Å². The summed E-state index contributed by atoms with van der Waals surface area (Å²) in [6.45, 7) is 0. The molecule has 1 saturated carbocycles. The third kappa shape index (κ3) is 3.02. The summed E-state index contributed by atoms with van der Waals surface area (Å²) >= 11 is 0. The lowest BCUT2D eigenvalue weighted by atomic mass is 10.1. The molecule has 0 bridgehead atoms. The van der Waals surface area contributed by atoms with Crippen LogP contribution in [-0.2, 0) is 9.63 Å². The number of hydrogen-bond donors (Lipinski definition) is 1. The topological polar surface area (TPSA) is 68.3 Å². The third-order valence-electron chi connectivity index (χ3n) is 3.85. The highest BCUT2D eigenvalue weighted by atomic mass is 16.7. The normalized spacial score (nSPS) is 15.0. The fourth-order valence-corrected chi connectivity index (χ4v) is 2.64. The summed E-state index contributed by atoms with van der Waals surface area (Å²) in [5, 5.41) is 1.85. The maximum absolute atomic E-state index is 12.0. The van der Waals surface area contributed by atoms with Crippen molar-refractivity contribution in [1.29, 1.82) is 0 Å². The molecule has 2 aromatic rings. The highest BCUT2D eigenvalue weighted by Gasteiger charge is 2.23. The van der Waals surface area contributed by atoms with Gasteiger partial charge in [0.25, 0.3) is 5.91 Å². The quantitative estimate of drug-likeness (QED) is 0.861. The van der Waals surface area contributed by atoms with E-state index < -0.39 is 5.97 Å². The van der Waals surface area contributed by atoms with Crippen molar-refractivity contribution in [2.45, 2.75) is 25.7 Å². The first-order valence-electron chi connectivity index (χ1n) is 7.09. The number of rotatable bonds is 2. The van der Waals surface area contributed by atoms with E-state index in [0.29, 0.717) is 5.56 Å². The van der Waals surface area contributed by atoms with Crippen molar-refractivity contribution < 1.29 is 14.4 Å². The summed E-state index contributed by atoms with van der Waals surface area (Å²) in [7, 11) is 0. The van der Waals surface area contributed by atoms with E-state index in [0.717, 1.165) is 36.5 Å². The number of nitrogens with one attached hydrogen (secondary N) is 1. The number of carbonyl (C=O) groups is 2. The predicted molar refractivity (Wildman–Crippen MR) is 77.3 cm³/mol. The van der Waals surface area contributed by atoms with Crippen molar-refractivity contribution in [3.05, 3.63) is 42.2 Å². The van der Waals surface area contributed by atoms with Gasteiger partial charge in [0.05, 0.1) is 5.56 Å². The number of hydroxylamine groups is 1. The summed E-state index contributed by atoms with van der Waals surface area (Å²) < 4.78 is 0. The molecule has 0 spiro atoms. The van der Waals surface area contributed by atoms with Gasteiger partial charge in [-0.3, -0.25) is 9.78 Å². The van der Waals surface area contributed by atoms with E-state index in [1.54, 1.807) is 30.6 Å². The van der Waals surface area contributed by atoms with E-state index in [2.05, 4.69) is 10.5 Å². The monoisotopic (exact) mass is 284 g/mol. The Bertz CT molecular complexity index is 678. The van der Waals surface area contributed by atoms with Crippen LogP contribution in [0.2, 0.25) is 0 Å². The molecule has 0 radical (unpaired) electrons. The van der Waals surface area contributed by atoms with Crippen molar-refractivity contribution >= 4 is 22.6 Å². The SMILES string of the molecule is O=C(ONC(=O)C1CCCC1)c1ccc2cnccc2c1. The van der Waals surface area contributed by atoms with Gasteiger partial charge in [0.1, 0.15) is 0 Å². The standard InChI is InChI=1S/C16H16N2O3/c19-15(11-3-1-2-4-11)18-21-16(20)13-5-6-14-10-17-8-7-12(14)9-13/h5-11H,1-4H2,(H,18,19). The first-order valence-corrected chi connectivity index (χ1v) is 7.09. The van der Waals surface area contributed by atoms with Gasteiger partial charge < -0.3 is 4.84 Å². The van der Waals surface area contributed by atoms with Gasteiger partial charge in [0.2, 0.25) is 0 Å². The second kappa shape index (κ2) is 5.91. The minimum absolute atomic E-state index is 0.0273. The Morgan fingerprint density at radius 1 is 1.14 bits per heavy atom. The van der Waals surface area contributed by atoms with Crippen molar-refractivity contribution in [3.8, 4) is 0 Å². The van der Waals surface area contributed by atoms with Crippen LogP contribution in [0.15, 0.2) is 36.7 Å². The minimum atomic E-state index is -0.556. The fraction of sp³-hybridized carbons (Fsp3) is 0.312. The molecule has 108 valence electrons. The number of pyridine rings is 1. The number of amides is 1. The molecule has 1 heterocycles. The molecule has 5 nitrogen and oxygen atoms in total. The van der Waals surface area contributed by atoms with E-state index >= 15 is 0 Å². The van der Waals surface area contributed by atoms with Gasteiger partial charge in [-0.25, -0.2) is 4.79 Å². The minimum Gasteiger partial charge on any atom is -0.335 e. The summed E-state index contributed by atoms with van der Waals surface area (Å²) in [6, 6.07) is 7.01. The zero-order valence-electron chi connectivity index (χ0n) is 11.5. The van der Waals surface area contributed by atoms with Crippen molar-refractivity contribution in [2.24, 2.45) is 5.92 Å². The molecule has 1 amide bonds. The zero-order valence-corrected chi connectivity index (χ0v) is 11.5. The summed E-state index contributed by atoms with van der Waals surface area (Å²) in [5.74, 6) is -0.786. The average Bonchev–Trinajstić information content (AvgIpc) is 3.06. The highest BCUT2D eigenvalue weighted by Crippen LogP contribution is 2.24. The molecule has 1 aliphatic carbocycles. The van der Waals surface area contributed by atoms with Crippen LogP contribution in [0.4, 0.5) is 0 Å². The van der Waals surface area contributed by atoms with Crippen LogP contribution >= 0.6 is 0 Å². The molecule has 3 rings (SSSR count). The first-order chi connectivity index (χ1) is 10.2. The van der Waals surface area contributed by atoms with Gasteiger partial charge in [-0.1, -0.05) is 18.9 Å². The van der Waals surface area contributed by atoms with Gasteiger partial charge in [0, 0.05) is 23.7 Å². The molecule has 5 heteroatoms. The highest BCUT2D eigenvalue weighted by molar-refractivity contribution is 5.95. The molecule has 1 aromatic heterocycles. The Kier molecular flexibility index (Phi) is 3.81. The predicted octanol–water partition coefficient (Wildman–Crippen LogP) is 2.61. The Morgan fingerprint density at radius 2 is 1.95 bits per heavy atom. The summed E-state index contributed by atoms with van der Waals surface area (Å²) in [4.78, 5) is 32.7. The molecule has 21 heavy (non-hydrogen) atoms. The third-order valence-corrected chi connectivity index (χ3v) is 3.85. The summed E-state index contributed by atoms with van der Waals surface area (Å²) in [5.41, 5.74) is 2.67. The first kappa shape index (κ1) is 13.5. The lowest BCUT2D eigenvalue weighted by Gasteiger charge is -2.10. The molecule has 1 aliphatic rings. The molecule has 0 saturated heterocycles. The second-order valence-electron chi connectivity index (χ2n) is 5.27. The Balaban J connectivity index is 1.64. The van der Waals surface area contributed by atoms with Crippen molar-refractivity contribution in [1.82, 2.24) is 10.5 Å². The lowest BCUT2D eigenvalue weighted by molar-refractivity contribution is -0.133. The molecule has 1 aromatic carbocycles. The number of fused-ring (bicyclic) bond motifs is 1. The van der Waals surface area contributed by atoms with Crippen LogP contribution in [0.5, 0.6) is 0 Å². The van der Waals surface area contributed by atoms with Crippen LogP contribution < -0.4 is 5.48 Å². The molecule has 0 atom stereocenters. The molecule has 0 unspecified atom stereocenters. The summed E-state index contributed by atoms with van der Waals surface area (Å²) in [6.07, 6.45) is 7.25. The molecule has 0 aliphatic heterocycles. The van der Waals surface area contributed by atoms with Crippen molar-refractivity contribution in [2.75, 3.05) is 0 Å². The maximum Gasteiger partial charge on any atom is 0.362 e. The second-order valence-corrected chi connectivity index (χ2v) is 5.27. The Hall–Kier alpha value is -2.43. The van der Waals surface area contributed by atoms with Gasteiger partial charge in [0.15, 0.2) is 0 Å². The number of benzene rings is 1. The van der Waals surface area contributed by atoms with E-state index in [1.807, 2.05) is 6.07 Å². The van der Waals surface area contributed by atoms with Crippen LogP contribution in [0, 0.1) is 5.92 Å².